The molecule has 88 valence electrons. The zero-order valence-corrected chi connectivity index (χ0v) is 9.83. The average molecular weight is 213 g/mol. The number of amides is 1. The molecule has 0 aromatic carbocycles. The van der Waals surface area contributed by atoms with Crippen LogP contribution in [-0.4, -0.2) is 43.0 Å². The Bertz CT molecular complexity index is 206. The second-order valence-electron chi connectivity index (χ2n) is 4.27. The summed E-state index contributed by atoms with van der Waals surface area (Å²) in [5.41, 5.74) is 5.44. The Morgan fingerprint density at radius 1 is 1.60 bits per heavy atom. The lowest BCUT2D eigenvalue weighted by Crippen LogP contribution is -2.54. The molecule has 0 saturated carbocycles. The molecule has 15 heavy (non-hydrogen) atoms. The fraction of sp³-hybridized carbons (Fsp3) is 0.909. The van der Waals surface area contributed by atoms with Crippen molar-refractivity contribution >= 4 is 5.91 Å². The van der Waals surface area contributed by atoms with Crippen LogP contribution in [0.25, 0.3) is 0 Å². The van der Waals surface area contributed by atoms with Crippen molar-refractivity contribution < 1.29 is 4.79 Å². The van der Waals surface area contributed by atoms with Crippen molar-refractivity contribution in [2.45, 2.75) is 44.7 Å². The van der Waals surface area contributed by atoms with Gasteiger partial charge in [-0.25, -0.2) is 0 Å². The van der Waals surface area contributed by atoms with E-state index in [2.05, 4.69) is 10.2 Å². The topological polar surface area (TPSA) is 58.4 Å². The Labute approximate surface area is 92.2 Å². The summed E-state index contributed by atoms with van der Waals surface area (Å²) in [5.74, 6) is -0.180. The maximum atomic E-state index is 11.3. The third-order valence-corrected chi connectivity index (χ3v) is 3.23. The van der Waals surface area contributed by atoms with Crippen molar-refractivity contribution in [3.63, 3.8) is 0 Å². The van der Waals surface area contributed by atoms with Gasteiger partial charge in [-0.1, -0.05) is 13.3 Å². The first-order valence-electron chi connectivity index (χ1n) is 5.90. The summed E-state index contributed by atoms with van der Waals surface area (Å²) < 4.78 is 0. The predicted octanol–water partition coefficient (Wildman–Crippen LogP) is 0.324. The van der Waals surface area contributed by atoms with Crippen LogP contribution in [0.15, 0.2) is 0 Å². The Balaban J connectivity index is 2.64. The van der Waals surface area contributed by atoms with Crippen LogP contribution in [0.5, 0.6) is 0 Å². The van der Waals surface area contributed by atoms with E-state index in [1.54, 1.807) is 0 Å². The van der Waals surface area contributed by atoms with Gasteiger partial charge in [0.25, 0.3) is 0 Å². The highest BCUT2D eigenvalue weighted by molar-refractivity contribution is 5.79. The van der Waals surface area contributed by atoms with Gasteiger partial charge < -0.3 is 11.1 Å². The fourth-order valence-electron chi connectivity index (χ4n) is 2.49. The molecule has 0 aliphatic carbocycles. The molecule has 1 amide bonds. The summed E-state index contributed by atoms with van der Waals surface area (Å²) >= 11 is 0. The van der Waals surface area contributed by atoms with E-state index >= 15 is 0 Å². The molecule has 1 heterocycles. The molecule has 0 spiro atoms. The number of primary amides is 1. The van der Waals surface area contributed by atoms with E-state index in [0.29, 0.717) is 6.04 Å². The monoisotopic (exact) mass is 213 g/mol. The zero-order valence-electron chi connectivity index (χ0n) is 9.83. The molecule has 1 fully saturated rings. The Morgan fingerprint density at radius 2 is 2.33 bits per heavy atom. The molecule has 4 heteroatoms. The number of carbonyl (C=O) groups is 1. The number of likely N-dealkylation sites (tertiary alicyclic amines) is 1. The van der Waals surface area contributed by atoms with Crippen LogP contribution in [0.3, 0.4) is 0 Å². The van der Waals surface area contributed by atoms with Crippen LogP contribution in [0, 0.1) is 0 Å². The summed E-state index contributed by atoms with van der Waals surface area (Å²) in [6.07, 6.45) is 4.43. The van der Waals surface area contributed by atoms with E-state index in [1.807, 2.05) is 14.0 Å². The lowest BCUT2D eigenvalue weighted by molar-refractivity contribution is -0.124. The zero-order chi connectivity index (χ0) is 11.3. The van der Waals surface area contributed by atoms with E-state index in [0.717, 1.165) is 19.5 Å². The van der Waals surface area contributed by atoms with Crippen molar-refractivity contribution in [2.24, 2.45) is 5.73 Å². The number of nitrogens with two attached hydrogens (primary N) is 1. The van der Waals surface area contributed by atoms with Gasteiger partial charge in [0.2, 0.25) is 5.91 Å². The van der Waals surface area contributed by atoms with Crippen molar-refractivity contribution in [3.05, 3.63) is 0 Å². The molecular formula is C11H23N3O. The van der Waals surface area contributed by atoms with E-state index in [1.165, 1.54) is 19.3 Å². The second-order valence-corrected chi connectivity index (χ2v) is 4.27. The van der Waals surface area contributed by atoms with Gasteiger partial charge >= 0.3 is 0 Å². The van der Waals surface area contributed by atoms with Crippen molar-refractivity contribution in [1.29, 1.82) is 0 Å². The summed E-state index contributed by atoms with van der Waals surface area (Å²) in [4.78, 5) is 13.6. The molecule has 2 atom stereocenters. The second kappa shape index (κ2) is 6.08. The highest BCUT2D eigenvalue weighted by Gasteiger charge is 2.30. The van der Waals surface area contributed by atoms with Crippen LogP contribution in [0.4, 0.5) is 0 Å². The quantitative estimate of drug-likeness (QED) is 0.691. The van der Waals surface area contributed by atoms with E-state index in [4.69, 9.17) is 5.73 Å². The molecule has 4 nitrogen and oxygen atoms in total. The summed E-state index contributed by atoms with van der Waals surface area (Å²) in [6.45, 7) is 3.98. The van der Waals surface area contributed by atoms with Gasteiger partial charge in [-0.05, 0) is 32.9 Å². The average Bonchev–Trinajstić information content (AvgIpc) is 2.21. The molecule has 1 saturated heterocycles. The van der Waals surface area contributed by atoms with E-state index < -0.39 is 0 Å². The predicted molar refractivity (Wildman–Crippen MR) is 61.5 cm³/mol. The SMILES string of the molecule is CCC(C(N)=O)N1CCCCC1CNC. The number of likely N-dealkylation sites (N-methyl/N-ethyl adjacent to an activating group) is 1. The Hall–Kier alpha value is -0.610. The van der Waals surface area contributed by atoms with Gasteiger partial charge in [-0.15, -0.1) is 0 Å². The van der Waals surface area contributed by atoms with Crippen molar-refractivity contribution in [1.82, 2.24) is 10.2 Å². The van der Waals surface area contributed by atoms with E-state index in [-0.39, 0.29) is 11.9 Å². The number of hydrogen-bond acceptors (Lipinski definition) is 3. The number of hydrogen-bond donors (Lipinski definition) is 2. The minimum atomic E-state index is -0.180. The lowest BCUT2D eigenvalue weighted by atomic mass is 9.98. The summed E-state index contributed by atoms with van der Waals surface area (Å²) in [5, 5.41) is 3.19. The van der Waals surface area contributed by atoms with Crippen LogP contribution in [0.1, 0.15) is 32.6 Å². The first kappa shape index (κ1) is 12.5. The summed E-state index contributed by atoms with van der Waals surface area (Å²) in [7, 11) is 1.96. The number of nitrogens with one attached hydrogen (secondary N) is 1. The first-order chi connectivity index (χ1) is 7.20. The maximum absolute atomic E-state index is 11.3. The minimum Gasteiger partial charge on any atom is -0.368 e. The molecule has 0 aromatic heterocycles. The maximum Gasteiger partial charge on any atom is 0.234 e. The largest absolute Gasteiger partial charge is 0.368 e. The van der Waals surface area contributed by atoms with Crippen LogP contribution in [-0.2, 0) is 4.79 Å². The molecule has 2 unspecified atom stereocenters. The van der Waals surface area contributed by atoms with Gasteiger partial charge in [-0.3, -0.25) is 9.69 Å². The smallest absolute Gasteiger partial charge is 0.234 e. The van der Waals surface area contributed by atoms with E-state index in [9.17, 15) is 4.79 Å². The van der Waals surface area contributed by atoms with Crippen LogP contribution < -0.4 is 11.1 Å². The number of carbonyl (C=O) groups excluding carboxylic acids is 1. The van der Waals surface area contributed by atoms with Gasteiger partial charge in [-0.2, -0.15) is 0 Å². The standard InChI is InChI=1S/C11H23N3O/c1-3-10(11(12)15)14-7-5-4-6-9(14)8-13-2/h9-10,13H,3-8H2,1-2H3,(H2,12,15). The first-order valence-corrected chi connectivity index (χ1v) is 5.90. The van der Waals surface area contributed by atoms with Gasteiger partial charge in [0.05, 0.1) is 6.04 Å². The highest BCUT2D eigenvalue weighted by Crippen LogP contribution is 2.20. The van der Waals surface area contributed by atoms with Crippen molar-refractivity contribution in [3.8, 4) is 0 Å². The molecular weight excluding hydrogens is 190 g/mol. The highest BCUT2D eigenvalue weighted by atomic mass is 16.1. The minimum absolute atomic E-state index is 0.0800. The number of piperidine rings is 1. The number of nitrogens with zero attached hydrogens (tertiary/aromatic N) is 1. The van der Waals surface area contributed by atoms with Crippen LogP contribution >= 0.6 is 0 Å². The fourth-order valence-corrected chi connectivity index (χ4v) is 2.49. The van der Waals surface area contributed by atoms with Gasteiger partial charge in [0.1, 0.15) is 0 Å². The summed E-state index contributed by atoms with van der Waals surface area (Å²) in [6, 6.07) is 0.393. The molecule has 1 aliphatic rings. The van der Waals surface area contributed by atoms with Crippen molar-refractivity contribution in [2.75, 3.05) is 20.1 Å². The molecule has 0 radical (unpaired) electrons. The molecule has 0 aromatic rings. The molecule has 1 aliphatic heterocycles. The third kappa shape index (κ3) is 3.18. The normalized spacial score (nSPS) is 25.1. The molecule has 1 rings (SSSR count). The van der Waals surface area contributed by atoms with Crippen LogP contribution in [0.2, 0.25) is 0 Å². The lowest BCUT2D eigenvalue weighted by Gasteiger charge is -2.39. The molecule has 3 N–H and O–H groups in total. The molecule has 0 bridgehead atoms. The number of rotatable bonds is 5. The van der Waals surface area contributed by atoms with Gasteiger partial charge in [0.15, 0.2) is 0 Å². The Morgan fingerprint density at radius 3 is 2.87 bits per heavy atom. The Kier molecular flexibility index (Phi) is 5.05. The van der Waals surface area contributed by atoms with Gasteiger partial charge in [0, 0.05) is 12.6 Å². The third-order valence-electron chi connectivity index (χ3n) is 3.23.